The maximum Gasteiger partial charge on any atom is 0.171 e. The molecule has 43 heavy (non-hydrogen) atoms. The molecule has 0 radical (unpaired) electrons. The van der Waals surface area contributed by atoms with Crippen molar-refractivity contribution in [3.05, 3.63) is 42.0 Å². The van der Waals surface area contributed by atoms with E-state index in [-0.39, 0.29) is 22.3 Å². The summed E-state index contributed by atoms with van der Waals surface area (Å²) in [6.07, 6.45) is 15.9. The van der Waals surface area contributed by atoms with Crippen LogP contribution >= 0.6 is 0 Å². The number of phenolic OH excluding ortho intramolecular Hbond substituents is 2. The molecule has 5 aliphatic carbocycles. The summed E-state index contributed by atoms with van der Waals surface area (Å²) in [6.45, 7) is 22.2. The normalized spacial score (nSPS) is 46.9. The SMILES string of the molecule is C=C(C)[C@@H]1CC[C@]2(C)CC[C@]3(C)[C@H](CC[C@@H]4[C@@]5(C)CCC(O)(OCC=Cc6ccc(O)c(O)c6)C(C)(C)[C@@H]5CC[C@]43C)[C@@H]12. The topological polar surface area (TPSA) is 69.9 Å². The van der Waals surface area contributed by atoms with Gasteiger partial charge in [0.15, 0.2) is 17.3 Å². The van der Waals surface area contributed by atoms with Crippen LogP contribution in [-0.2, 0) is 4.74 Å². The lowest BCUT2D eigenvalue weighted by Crippen LogP contribution is -2.68. The zero-order valence-corrected chi connectivity index (χ0v) is 28.0. The van der Waals surface area contributed by atoms with E-state index >= 15 is 0 Å². The Morgan fingerprint density at radius 3 is 2.30 bits per heavy atom. The molecule has 0 saturated heterocycles. The van der Waals surface area contributed by atoms with Crippen molar-refractivity contribution in [3.63, 3.8) is 0 Å². The monoisotopic (exact) mass is 590 g/mol. The Balaban J connectivity index is 1.22. The summed E-state index contributed by atoms with van der Waals surface area (Å²) in [6, 6.07) is 4.77. The van der Waals surface area contributed by atoms with E-state index in [2.05, 4.69) is 55.0 Å². The summed E-state index contributed by atoms with van der Waals surface area (Å²) in [5.41, 5.74) is 3.17. The van der Waals surface area contributed by atoms with Gasteiger partial charge in [-0.2, -0.15) is 0 Å². The van der Waals surface area contributed by atoms with E-state index in [0.29, 0.717) is 47.0 Å². The number of aliphatic hydroxyl groups is 1. The number of rotatable bonds is 5. The molecule has 1 aromatic rings. The molecule has 6 rings (SSSR count). The van der Waals surface area contributed by atoms with Crippen molar-refractivity contribution in [1.29, 1.82) is 0 Å². The minimum Gasteiger partial charge on any atom is -0.504 e. The van der Waals surface area contributed by atoms with Crippen LogP contribution in [-0.4, -0.2) is 27.7 Å². The van der Waals surface area contributed by atoms with Gasteiger partial charge in [0, 0.05) is 11.8 Å². The van der Waals surface area contributed by atoms with Crippen molar-refractivity contribution in [2.75, 3.05) is 6.61 Å². The number of allylic oxidation sites excluding steroid dienone is 1. The van der Waals surface area contributed by atoms with E-state index in [4.69, 9.17) is 4.74 Å². The standard InChI is InChI=1S/C39H58O4/c1-25(2)27-15-17-35(5)19-21-37(7)28(33(27)35)12-14-32-36(6)20-22-39(42,34(3,4)31(36)16-18-38(32,37)8)43-23-9-10-26-11-13-29(40)30(41)24-26/h9-11,13,24,27-28,31-33,40-42H,1,12,14-23H2,2-8H3/t27-,28+,31-,32+,33+,35+,36-,37+,38+,39?/m0/s1. The van der Waals surface area contributed by atoms with E-state index in [1.165, 1.54) is 62.7 Å². The highest BCUT2D eigenvalue weighted by Crippen LogP contribution is 2.78. The van der Waals surface area contributed by atoms with Crippen LogP contribution in [0.25, 0.3) is 6.08 Å². The van der Waals surface area contributed by atoms with Gasteiger partial charge in [-0.1, -0.05) is 71.9 Å². The molecule has 0 aliphatic heterocycles. The number of hydrogen-bond acceptors (Lipinski definition) is 4. The first-order chi connectivity index (χ1) is 20.0. The molecule has 0 aromatic heterocycles. The number of fused-ring (bicyclic) bond motifs is 7. The summed E-state index contributed by atoms with van der Waals surface area (Å²) in [5, 5.41) is 31.5. The van der Waals surface area contributed by atoms with Gasteiger partial charge >= 0.3 is 0 Å². The minimum atomic E-state index is -1.18. The van der Waals surface area contributed by atoms with Crippen molar-refractivity contribution in [1.82, 2.24) is 0 Å². The summed E-state index contributed by atoms with van der Waals surface area (Å²) >= 11 is 0. The van der Waals surface area contributed by atoms with Gasteiger partial charge in [0.25, 0.3) is 0 Å². The Hall–Kier alpha value is -1.78. The largest absolute Gasteiger partial charge is 0.504 e. The first-order valence-corrected chi connectivity index (χ1v) is 17.2. The molecule has 0 heterocycles. The van der Waals surface area contributed by atoms with Crippen LogP contribution in [0.15, 0.2) is 36.4 Å². The van der Waals surface area contributed by atoms with Gasteiger partial charge in [-0.3, -0.25) is 0 Å². The van der Waals surface area contributed by atoms with Crippen LogP contribution in [0, 0.1) is 56.7 Å². The molecule has 1 unspecified atom stereocenters. The zero-order valence-electron chi connectivity index (χ0n) is 28.0. The summed E-state index contributed by atoms with van der Waals surface area (Å²) in [5.74, 6) is 1.89. The summed E-state index contributed by atoms with van der Waals surface area (Å²) in [4.78, 5) is 0. The number of aromatic hydroxyl groups is 2. The van der Waals surface area contributed by atoms with Crippen molar-refractivity contribution >= 4 is 6.08 Å². The first kappa shape index (κ1) is 31.2. The van der Waals surface area contributed by atoms with Gasteiger partial charge in [0.05, 0.1) is 6.61 Å². The van der Waals surface area contributed by atoms with Crippen molar-refractivity contribution in [3.8, 4) is 11.5 Å². The lowest BCUT2D eigenvalue weighted by atomic mass is 9.32. The van der Waals surface area contributed by atoms with E-state index in [9.17, 15) is 15.3 Å². The van der Waals surface area contributed by atoms with Gasteiger partial charge in [-0.05, 0) is 134 Å². The molecule has 238 valence electrons. The smallest absolute Gasteiger partial charge is 0.171 e. The maximum atomic E-state index is 12.1. The fraction of sp³-hybridized carbons (Fsp3) is 0.744. The fourth-order valence-corrected chi connectivity index (χ4v) is 12.7. The second-order valence-electron chi connectivity index (χ2n) is 17.3. The average molecular weight is 591 g/mol. The predicted molar refractivity (Wildman–Crippen MR) is 174 cm³/mol. The van der Waals surface area contributed by atoms with E-state index in [1.54, 1.807) is 6.07 Å². The Bertz CT molecular complexity index is 1300. The van der Waals surface area contributed by atoms with Crippen molar-refractivity contribution < 1.29 is 20.1 Å². The molecule has 5 fully saturated rings. The maximum absolute atomic E-state index is 12.1. The van der Waals surface area contributed by atoms with E-state index in [0.717, 1.165) is 30.2 Å². The van der Waals surface area contributed by atoms with Crippen LogP contribution in [0.4, 0.5) is 0 Å². The van der Waals surface area contributed by atoms with E-state index in [1.807, 2.05) is 12.2 Å². The quantitative estimate of drug-likeness (QED) is 0.181. The van der Waals surface area contributed by atoms with Crippen LogP contribution in [0.3, 0.4) is 0 Å². The Labute approximate surface area is 261 Å². The molecular formula is C39H58O4. The Morgan fingerprint density at radius 2 is 1.60 bits per heavy atom. The van der Waals surface area contributed by atoms with Crippen LogP contribution in [0.5, 0.6) is 11.5 Å². The third-order valence-electron chi connectivity index (χ3n) is 15.4. The van der Waals surface area contributed by atoms with Crippen LogP contribution in [0.2, 0.25) is 0 Å². The third kappa shape index (κ3) is 4.35. The molecule has 0 bridgehead atoms. The second kappa shape index (κ2) is 10.1. The average Bonchev–Trinajstić information content (AvgIpc) is 3.29. The Kier molecular flexibility index (Phi) is 7.34. The predicted octanol–water partition coefficient (Wildman–Crippen LogP) is 9.49. The zero-order chi connectivity index (χ0) is 31.2. The molecule has 0 spiro atoms. The van der Waals surface area contributed by atoms with Gasteiger partial charge < -0.3 is 20.1 Å². The molecule has 10 atom stereocenters. The highest BCUT2D eigenvalue weighted by molar-refractivity contribution is 5.55. The second-order valence-corrected chi connectivity index (χ2v) is 17.3. The van der Waals surface area contributed by atoms with Gasteiger partial charge in [0.2, 0.25) is 0 Å². The van der Waals surface area contributed by atoms with Crippen molar-refractivity contribution in [2.24, 2.45) is 56.7 Å². The van der Waals surface area contributed by atoms with Crippen LogP contribution < -0.4 is 0 Å². The first-order valence-electron chi connectivity index (χ1n) is 17.2. The molecule has 3 N–H and O–H groups in total. The van der Waals surface area contributed by atoms with E-state index < -0.39 is 5.79 Å². The van der Waals surface area contributed by atoms with Crippen molar-refractivity contribution in [2.45, 2.75) is 118 Å². The number of phenols is 2. The minimum absolute atomic E-state index is 0.127. The molecule has 0 amide bonds. The highest BCUT2D eigenvalue weighted by Gasteiger charge is 2.71. The molecule has 4 heteroatoms. The number of benzene rings is 1. The number of ether oxygens (including phenoxy) is 1. The third-order valence-corrected chi connectivity index (χ3v) is 15.4. The van der Waals surface area contributed by atoms with Gasteiger partial charge in [-0.15, -0.1) is 0 Å². The lowest BCUT2D eigenvalue weighted by molar-refractivity contribution is -0.334. The lowest BCUT2D eigenvalue weighted by Gasteiger charge is -2.73. The molecular weight excluding hydrogens is 532 g/mol. The number of hydrogen-bond donors (Lipinski definition) is 3. The summed E-state index contributed by atoms with van der Waals surface area (Å²) in [7, 11) is 0. The molecule has 1 aromatic carbocycles. The fourth-order valence-electron chi connectivity index (χ4n) is 12.7. The van der Waals surface area contributed by atoms with Crippen LogP contribution in [0.1, 0.15) is 118 Å². The molecule has 5 saturated carbocycles. The molecule has 5 aliphatic rings. The van der Waals surface area contributed by atoms with Gasteiger partial charge in [0.1, 0.15) is 0 Å². The molecule has 4 nitrogen and oxygen atoms in total. The summed E-state index contributed by atoms with van der Waals surface area (Å²) < 4.78 is 6.36. The Morgan fingerprint density at radius 1 is 0.860 bits per heavy atom. The van der Waals surface area contributed by atoms with Gasteiger partial charge in [-0.25, -0.2) is 0 Å². The highest BCUT2D eigenvalue weighted by atomic mass is 16.6.